The maximum Gasteiger partial charge on any atom is 0.243 e. The van der Waals surface area contributed by atoms with Gasteiger partial charge in [-0.15, -0.1) is 12.4 Å². The van der Waals surface area contributed by atoms with Gasteiger partial charge in [-0.2, -0.15) is 4.31 Å². The summed E-state index contributed by atoms with van der Waals surface area (Å²) >= 11 is 5.39. The molecule has 0 bridgehead atoms. The summed E-state index contributed by atoms with van der Waals surface area (Å²) < 4.78 is 27.1. The highest BCUT2D eigenvalue weighted by molar-refractivity contribution is 7.89. The van der Waals surface area contributed by atoms with Gasteiger partial charge in [-0.1, -0.05) is 12.1 Å². The summed E-state index contributed by atoms with van der Waals surface area (Å²) in [6, 6.07) is 12.7. The predicted octanol–water partition coefficient (Wildman–Crippen LogP) is 3.47. The Balaban J connectivity index is 0.00000300. The molecule has 1 aliphatic heterocycles. The third-order valence-corrected chi connectivity index (χ3v) is 7.18. The molecule has 0 spiro atoms. The first-order chi connectivity index (χ1) is 13.3. The lowest BCUT2D eigenvalue weighted by molar-refractivity contribution is 0.222. The van der Waals surface area contributed by atoms with Gasteiger partial charge >= 0.3 is 0 Å². The first-order valence-electron chi connectivity index (χ1n) is 9.20. The molecule has 2 aromatic carbocycles. The van der Waals surface area contributed by atoms with E-state index in [2.05, 4.69) is 28.5 Å². The summed E-state index contributed by atoms with van der Waals surface area (Å²) in [4.78, 5) is 2.43. The highest BCUT2D eigenvalue weighted by Crippen LogP contribution is 2.21. The molecule has 0 atom stereocenters. The first kappa shape index (κ1) is 23.6. The van der Waals surface area contributed by atoms with Crippen LogP contribution >= 0.6 is 24.6 Å². The van der Waals surface area contributed by atoms with Gasteiger partial charge in [0, 0.05) is 37.6 Å². The summed E-state index contributed by atoms with van der Waals surface area (Å²) in [5.74, 6) is 0. The summed E-state index contributed by atoms with van der Waals surface area (Å²) in [5, 5.41) is 6.76. The minimum Gasteiger partial charge on any atom is -0.332 e. The smallest absolute Gasteiger partial charge is 0.243 e. The van der Waals surface area contributed by atoms with E-state index in [0.29, 0.717) is 23.1 Å². The average Bonchev–Trinajstić information content (AvgIpc) is 2.66. The molecule has 0 saturated carbocycles. The van der Waals surface area contributed by atoms with Crippen LogP contribution in [0.15, 0.2) is 47.4 Å². The Kier molecular flexibility index (Phi) is 8.02. The lowest BCUT2D eigenvalue weighted by Crippen LogP contribution is -2.46. The van der Waals surface area contributed by atoms with E-state index in [0.717, 1.165) is 30.0 Å². The number of thiocarbonyl (C=S) groups is 1. The van der Waals surface area contributed by atoms with Crippen molar-refractivity contribution in [3.63, 3.8) is 0 Å². The van der Waals surface area contributed by atoms with Crippen molar-refractivity contribution >= 4 is 51.1 Å². The molecule has 2 aromatic rings. The highest BCUT2D eigenvalue weighted by Gasteiger charge is 2.27. The summed E-state index contributed by atoms with van der Waals surface area (Å²) in [5.41, 5.74) is 4.01. The number of sulfonamides is 1. The predicted molar refractivity (Wildman–Crippen MR) is 126 cm³/mol. The molecule has 1 aliphatic rings. The SMILES string of the molecule is Cc1cccc(NC(=S)Nc2ccc(S(=O)(=O)N3CCN(C)CC3)cc2)c1C.Cl. The Hall–Kier alpha value is -1.71. The van der Waals surface area contributed by atoms with Crippen molar-refractivity contribution in [1.82, 2.24) is 9.21 Å². The minimum atomic E-state index is -3.46. The molecule has 1 heterocycles. The monoisotopic (exact) mass is 454 g/mol. The van der Waals surface area contributed by atoms with Gasteiger partial charge in [0.25, 0.3) is 0 Å². The fourth-order valence-electron chi connectivity index (χ4n) is 3.06. The van der Waals surface area contributed by atoms with Crippen molar-refractivity contribution in [2.24, 2.45) is 0 Å². The van der Waals surface area contributed by atoms with Gasteiger partial charge in [-0.3, -0.25) is 0 Å². The third-order valence-electron chi connectivity index (χ3n) is 5.07. The molecule has 0 unspecified atom stereocenters. The molecule has 2 N–H and O–H groups in total. The van der Waals surface area contributed by atoms with Crippen LogP contribution in [-0.4, -0.2) is 56.0 Å². The van der Waals surface area contributed by atoms with Gasteiger partial charge in [0.1, 0.15) is 0 Å². The molecule has 1 fully saturated rings. The van der Waals surface area contributed by atoms with Crippen molar-refractivity contribution in [2.75, 3.05) is 43.9 Å². The molecular weight excluding hydrogens is 428 g/mol. The number of nitrogens with one attached hydrogen (secondary N) is 2. The Bertz CT molecular complexity index is 957. The van der Waals surface area contributed by atoms with Gasteiger partial charge in [0.15, 0.2) is 5.11 Å². The van der Waals surface area contributed by atoms with Crippen LogP contribution in [0.25, 0.3) is 0 Å². The van der Waals surface area contributed by atoms with Crippen LogP contribution in [-0.2, 0) is 10.0 Å². The van der Waals surface area contributed by atoms with E-state index in [4.69, 9.17) is 12.2 Å². The Morgan fingerprint density at radius 3 is 2.21 bits per heavy atom. The standard InChI is InChI=1S/C20H26N4O2S2.ClH/c1-15-5-4-6-19(16(15)2)22-20(27)21-17-7-9-18(10-8-17)28(25,26)24-13-11-23(3)12-14-24;/h4-10H,11-14H2,1-3H3,(H2,21,22,27);1H. The Labute approximate surface area is 184 Å². The van der Waals surface area contributed by atoms with Crippen LogP contribution in [0.3, 0.4) is 0 Å². The molecule has 3 rings (SSSR count). The molecule has 0 radical (unpaired) electrons. The van der Waals surface area contributed by atoms with E-state index in [1.54, 1.807) is 28.6 Å². The number of halogens is 1. The van der Waals surface area contributed by atoms with E-state index in [1.165, 1.54) is 5.56 Å². The van der Waals surface area contributed by atoms with Crippen molar-refractivity contribution < 1.29 is 8.42 Å². The van der Waals surface area contributed by atoms with Crippen molar-refractivity contribution in [3.8, 4) is 0 Å². The van der Waals surface area contributed by atoms with Gasteiger partial charge in [0.05, 0.1) is 4.90 Å². The van der Waals surface area contributed by atoms with Gasteiger partial charge in [-0.05, 0) is 74.6 Å². The van der Waals surface area contributed by atoms with E-state index >= 15 is 0 Å². The summed E-state index contributed by atoms with van der Waals surface area (Å²) in [7, 11) is -1.46. The van der Waals surface area contributed by atoms with Crippen molar-refractivity contribution in [2.45, 2.75) is 18.7 Å². The zero-order chi connectivity index (χ0) is 20.3. The Morgan fingerprint density at radius 1 is 0.966 bits per heavy atom. The van der Waals surface area contributed by atoms with Crippen LogP contribution in [0.2, 0.25) is 0 Å². The maximum atomic E-state index is 12.8. The van der Waals surface area contributed by atoms with E-state index in [-0.39, 0.29) is 12.4 Å². The molecule has 0 aromatic heterocycles. The molecule has 158 valence electrons. The molecule has 0 amide bonds. The van der Waals surface area contributed by atoms with Gasteiger partial charge < -0.3 is 15.5 Å². The lowest BCUT2D eigenvalue weighted by Gasteiger charge is -2.31. The topological polar surface area (TPSA) is 64.7 Å². The van der Waals surface area contributed by atoms with Crippen LogP contribution in [0.1, 0.15) is 11.1 Å². The number of piperazine rings is 1. The summed E-state index contributed by atoms with van der Waals surface area (Å²) in [6.07, 6.45) is 0. The normalized spacial score (nSPS) is 15.4. The third kappa shape index (κ3) is 5.67. The number of hydrogen-bond acceptors (Lipinski definition) is 4. The zero-order valence-corrected chi connectivity index (χ0v) is 19.3. The number of benzene rings is 2. The fraction of sp³-hybridized carbons (Fsp3) is 0.350. The maximum absolute atomic E-state index is 12.8. The van der Waals surface area contributed by atoms with Gasteiger partial charge in [-0.25, -0.2) is 8.42 Å². The second kappa shape index (κ2) is 9.86. The van der Waals surface area contributed by atoms with Crippen LogP contribution in [0.5, 0.6) is 0 Å². The second-order valence-electron chi connectivity index (χ2n) is 7.06. The number of aryl methyl sites for hydroxylation is 1. The van der Waals surface area contributed by atoms with Crippen molar-refractivity contribution in [1.29, 1.82) is 0 Å². The fourth-order valence-corrected chi connectivity index (χ4v) is 4.71. The number of likely N-dealkylation sites (N-methyl/N-ethyl adjacent to an activating group) is 1. The average molecular weight is 455 g/mol. The zero-order valence-electron chi connectivity index (χ0n) is 16.8. The molecule has 1 saturated heterocycles. The van der Waals surface area contributed by atoms with Crippen molar-refractivity contribution in [3.05, 3.63) is 53.6 Å². The number of rotatable bonds is 4. The molecule has 9 heteroatoms. The number of anilines is 2. The number of nitrogens with zero attached hydrogens (tertiary/aromatic N) is 2. The minimum absolute atomic E-state index is 0. The Morgan fingerprint density at radius 2 is 1.59 bits per heavy atom. The quantitative estimate of drug-likeness (QED) is 0.689. The van der Waals surface area contributed by atoms with Crippen LogP contribution < -0.4 is 10.6 Å². The van der Waals surface area contributed by atoms with Crippen LogP contribution in [0, 0.1) is 13.8 Å². The molecule has 6 nitrogen and oxygen atoms in total. The number of hydrogen-bond donors (Lipinski definition) is 2. The van der Waals surface area contributed by atoms with Gasteiger partial charge in [0.2, 0.25) is 10.0 Å². The van der Waals surface area contributed by atoms with E-state index < -0.39 is 10.0 Å². The second-order valence-corrected chi connectivity index (χ2v) is 9.40. The molecule has 29 heavy (non-hydrogen) atoms. The van der Waals surface area contributed by atoms with E-state index in [1.807, 2.05) is 26.1 Å². The summed E-state index contributed by atoms with van der Waals surface area (Å²) in [6.45, 7) is 6.62. The largest absolute Gasteiger partial charge is 0.332 e. The van der Waals surface area contributed by atoms with E-state index in [9.17, 15) is 8.42 Å². The molecular formula is C20H27ClN4O2S2. The van der Waals surface area contributed by atoms with Crippen LogP contribution in [0.4, 0.5) is 11.4 Å². The molecule has 0 aliphatic carbocycles. The highest BCUT2D eigenvalue weighted by atomic mass is 35.5. The lowest BCUT2D eigenvalue weighted by atomic mass is 10.1. The first-order valence-corrected chi connectivity index (χ1v) is 11.0.